The Kier molecular flexibility index (Phi) is 4.63. The Balaban J connectivity index is 1.39. The zero-order valence-electron chi connectivity index (χ0n) is 15.1. The standard InChI is InChI=1S/C19H18N6O3/c1-24-15-10-14(3-4-16(15)28-12-18(24)26)23-19(27)21-11-13-5-7-20-17(9-13)25-8-2-6-22-25/h2-10H,11-12H2,1H3,(H2,21,23,27). The molecule has 0 radical (unpaired) electrons. The van der Waals surface area contributed by atoms with Gasteiger partial charge in [0.1, 0.15) is 5.75 Å². The molecule has 1 aliphatic heterocycles. The van der Waals surface area contributed by atoms with Crippen molar-refractivity contribution >= 4 is 23.3 Å². The van der Waals surface area contributed by atoms with Crippen molar-refractivity contribution in [3.05, 3.63) is 60.6 Å². The van der Waals surface area contributed by atoms with Gasteiger partial charge in [0.2, 0.25) is 0 Å². The van der Waals surface area contributed by atoms with Crippen LogP contribution in [0.15, 0.2) is 55.0 Å². The average Bonchev–Trinajstić information content (AvgIpc) is 3.25. The van der Waals surface area contributed by atoms with Crippen molar-refractivity contribution in [3.8, 4) is 11.6 Å². The maximum atomic E-state index is 12.2. The van der Waals surface area contributed by atoms with Crippen LogP contribution in [0.4, 0.5) is 16.2 Å². The SMILES string of the molecule is CN1C(=O)COc2ccc(NC(=O)NCc3ccnc(-n4cccn4)c3)cc21. The molecular formula is C19H18N6O3. The number of carbonyl (C=O) groups excluding carboxylic acids is 2. The number of ether oxygens (including phenoxy) is 1. The molecule has 0 unspecified atom stereocenters. The van der Waals surface area contributed by atoms with Gasteiger partial charge in [-0.25, -0.2) is 14.5 Å². The summed E-state index contributed by atoms with van der Waals surface area (Å²) in [5, 5.41) is 9.71. The highest BCUT2D eigenvalue weighted by atomic mass is 16.5. The maximum Gasteiger partial charge on any atom is 0.319 e. The van der Waals surface area contributed by atoms with Gasteiger partial charge in [0.05, 0.1) is 5.69 Å². The molecule has 0 bridgehead atoms. The van der Waals surface area contributed by atoms with E-state index >= 15 is 0 Å². The van der Waals surface area contributed by atoms with Gasteiger partial charge >= 0.3 is 6.03 Å². The van der Waals surface area contributed by atoms with E-state index in [1.54, 1.807) is 48.5 Å². The van der Waals surface area contributed by atoms with E-state index in [0.29, 0.717) is 29.5 Å². The summed E-state index contributed by atoms with van der Waals surface area (Å²) < 4.78 is 7.03. The summed E-state index contributed by atoms with van der Waals surface area (Å²) in [4.78, 5) is 29.8. The molecule has 9 heteroatoms. The average molecular weight is 378 g/mol. The number of amides is 3. The van der Waals surface area contributed by atoms with Crippen LogP contribution in [-0.4, -0.2) is 40.4 Å². The van der Waals surface area contributed by atoms with Crippen molar-refractivity contribution in [1.29, 1.82) is 0 Å². The molecule has 3 heterocycles. The van der Waals surface area contributed by atoms with Crippen LogP contribution in [0.3, 0.4) is 0 Å². The molecule has 1 aromatic carbocycles. The number of urea groups is 1. The molecule has 3 amide bonds. The van der Waals surface area contributed by atoms with E-state index in [0.717, 1.165) is 5.56 Å². The molecule has 9 nitrogen and oxygen atoms in total. The molecule has 4 rings (SSSR count). The summed E-state index contributed by atoms with van der Waals surface area (Å²) in [5.74, 6) is 1.14. The number of fused-ring (bicyclic) bond motifs is 1. The molecule has 2 N–H and O–H groups in total. The third-order valence-electron chi connectivity index (χ3n) is 4.31. The van der Waals surface area contributed by atoms with Crippen LogP contribution in [0.5, 0.6) is 5.75 Å². The monoisotopic (exact) mass is 378 g/mol. The Labute approximate surface area is 160 Å². The third kappa shape index (κ3) is 3.63. The van der Waals surface area contributed by atoms with Crippen molar-refractivity contribution in [1.82, 2.24) is 20.1 Å². The lowest BCUT2D eigenvalue weighted by atomic mass is 10.2. The van der Waals surface area contributed by atoms with E-state index in [1.807, 2.05) is 18.2 Å². The second-order valence-corrected chi connectivity index (χ2v) is 6.20. The van der Waals surface area contributed by atoms with E-state index in [-0.39, 0.29) is 18.5 Å². The second-order valence-electron chi connectivity index (χ2n) is 6.20. The quantitative estimate of drug-likeness (QED) is 0.723. The second kappa shape index (κ2) is 7.39. The molecule has 0 saturated heterocycles. The van der Waals surface area contributed by atoms with Gasteiger partial charge in [-0.05, 0) is 42.0 Å². The molecule has 28 heavy (non-hydrogen) atoms. The Morgan fingerprint density at radius 3 is 2.96 bits per heavy atom. The zero-order valence-corrected chi connectivity index (χ0v) is 15.1. The fraction of sp³-hybridized carbons (Fsp3) is 0.158. The lowest BCUT2D eigenvalue weighted by Crippen LogP contribution is -2.35. The van der Waals surface area contributed by atoms with E-state index < -0.39 is 0 Å². The number of hydrogen-bond donors (Lipinski definition) is 2. The third-order valence-corrected chi connectivity index (χ3v) is 4.31. The Hall–Kier alpha value is -3.88. The molecule has 0 spiro atoms. The number of likely N-dealkylation sites (N-methyl/N-ethyl adjacent to an activating group) is 1. The zero-order chi connectivity index (χ0) is 19.5. The number of nitrogens with one attached hydrogen (secondary N) is 2. The van der Waals surface area contributed by atoms with E-state index in [4.69, 9.17) is 4.74 Å². The molecule has 0 saturated carbocycles. The lowest BCUT2D eigenvalue weighted by Gasteiger charge is -2.26. The minimum atomic E-state index is -0.358. The van der Waals surface area contributed by atoms with Crippen molar-refractivity contribution in [2.45, 2.75) is 6.54 Å². The minimum absolute atomic E-state index is 0.0171. The highest BCUT2D eigenvalue weighted by molar-refractivity contribution is 5.99. The molecule has 0 fully saturated rings. The van der Waals surface area contributed by atoms with Crippen LogP contribution in [0.1, 0.15) is 5.56 Å². The van der Waals surface area contributed by atoms with Gasteiger partial charge in [0.25, 0.3) is 5.91 Å². The Morgan fingerprint density at radius 2 is 2.14 bits per heavy atom. The van der Waals surface area contributed by atoms with Crippen LogP contribution in [0.25, 0.3) is 5.82 Å². The van der Waals surface area contributed by atoms with Gasteiger partial charge in [0, 0.05) is 37.9 Å². The molecule has 142 valence electrons. The van der Waals surface area contributed by atoms with Gasteiger partial charge in [-0.1, -0.05) is 0 Å². The van der Waals surface area contributed by atoms with Crippen LogP contribution >= 0.6 is 0 Å². The normalized spacial score (nSPS) is 12.9. The fourth-order valence-corrected chi connectivity index (χ4v) is 2.81. The Bertz CT molecular complexity index is 1020. The molecule has 2 aromatic heterocycles. The van der Waals surface area contributed by atoms with E-state index in [2.05, 4.69) is 20.7 Å². The fourth-order valence-electron chi connectivity index (χ4n) is 2.81. The highest BCUT2D eigenvalue weighted by Gasteiger charge is 2.22. The summed E-state index contributed by atoms with van der Waals surface area (Å²) in [6, 6.07) is 10.3. The number of anilines is 2. The summed E-state index contributed by atoms with van der Waals surface area (Å²) in [6.45, 7) is 0.346. The van der Waals surface area contributed by atoms with Crippen molar-refractivity contribution in [3.63, 3.8) is 0 Å². The predicted octanol–water partition coefficient (Wildman–Crippen LogP) is 1.94. The molecule has 0 atom stereocenters. The number of aromatic nitrogens is 3. The molecule has 0 aliphatic carbocycles. The molecular weight excluding hydrogens is 360 g/mol. The van der Waals surface area contributed by atoms with Gasteiger partial charge in [-0.2, -0.15) is 5.10 Å². The number of hydrogen-bond acceptors (Lipinski definition) is 5. The smallest absolute Gasteiger partial charge is 0.319 e. The van der Waals surface area contributed by atoms with Crippen molar-refractivity contribution in [2.24, 2.45) is 0 Å². The summed E-state index contributed by atoms with van der Waals surface area (Å²) >= 11 is 0. The van der Waals surface area contributed by atoms with Crippen LogP contribution in [0.2, 0.25) is 0 Å². The van der Waals surface area contributed by atoms with Gasteiger partial charge in [-0.15, -0.1) is 0 Å². The highest BCUT2D eigenvalue weighted by Crippen LogP contribution is 2.33. The number of carbonyl (C=O) groups is 2. The number of nitrogens with zero attached hydrogens (tertiary/aromatic N) is 4. The first kappa shape index (κ1) is 17.5. The largest absolute Gasteiger partial charge is 0.482 e. The summed E-state index contributed by atoms with van der Waals surface area (Å²) in [7, 11) is 1.67. The maximum absolute atomic E-state index is 12.2. The minimum Gasteiger partial charge on any atom is -0.482 e. The van der Waals surface area contributed by atoms with Crippen LogP contribution < -0.4 is 20.3 Å². The number of benzene rings is 1. The topological polar surface area (TPSA) is 101 Å². The first-order valence-corrected chi connectivity index (χ1v) is 8.63. The van der Waals surface area contributed by atoms with Gasteiger partial charge in [0.15, 0.2) is 12.4 Å². The predicted molar refractivity (Wildman–Crippen MR) is 103 cm³/mol. The van der Waals surface area contributed by atoms with E-state index in [9.17, 15) is 9.59 Å². The lowest BCUT2D eigenvalue weighted by molar-refractivity contribution is -0.120. The Morgan fingerprint density at radius 1 is 1.25 bits per heavy atom. The number of rotatable bonds is 4. The summed E-state index contributed by atoms with van der Waals surface area (Å²) in [6.07, 6.45) is 5.14. The molecule has 3 aromatic rings. The summed E-state index contributed by atoms with van der Waals surface area (Å²) in [5.41, 5.74) is 2.07. The van der Waals surface area contributed by atoms with Crippen molar-refractivity contribution in [2.75, 3.05) is 23.9 Å². The van der Waals surface area contributed by atoms with Gasteiger partial charge in [-0.3, -0.25) is 4.79 Å². The van der Waals surface area contributed by atoms with Crippen molar-refractivity contribution < 1.29 is 14.3 Å². The van der Waals surface area contributed by atoms with Crippen LogP contribution in [-0.2, 0) is 11.3 Å². The first-order valence-electron chi connectivity index (χ1n) is 8.63. The first-order chi connectivity index (χ1) is 13.6. The van der Waals surface area contributed by atoms with E-state index in [1.165, 1.54) is 4.90 Å². The molecule has 1 aliphatic rings. The number of pyridine rings is 1. The van der Waals surface area contributed by atoms with Gasteiger partial charge < -0.3 is 20.3 Å². The van der Waals surface area contributed by atoms with Crippen LogP contribution in [0, 0.1) is 0 Å².